The second kappa shape index (κ2) is 5.51. The minimum atomic E-state index is 0. The van der Waals surface area contributed by atoms with Crippen LogP contribution in [0.15, 0.2) is 0 Å². The van der Waals surface area contributed by atoms with Crippen molar-refractivity contribution in [1.82, 2.24) is 5.32 Å². The van der Waals surface area contributed by atoms with Crippen molar-refractivity contribution >= 4 is 43.6 Å². The van der Waals surface area contributed by atoms with Gasteiger partial charge in [-0.1, -0.05) is 6.42 Å². The number of nitrogens with one attached hydrogen (secondary N) is 1. The summed E-state index contributed by atoms with van der Waals surface area (Å²) in [6, 6.07) is 0. The third kappa shape index (κ3) is 4.18. The van der Waals surface area contributed by atoms with Crippen molar-refractivity contribution in [2.24, 2.45) is 0 Å². The average Bonchev–Trinajstić information content (AvgIpc) is 1.94. The smallest absolute Gasteiger partial charge is 0.356 e. The Labute approximate surface area is 85.4 Å². The molecule has 46 valence electrons. The Balaban J connectivity index is 0.000000640. The monoisotopic (exact) mass is 153 g/mol. The van der Waals surface area contributed by atoms with Gasteiger partial charge >= 0.3 is 37.7 Å². The number of rotatable bonds is 0. The molecule has 3 heteroatoms. The summed E-state index contributed by atoms with van der Waals surface area (Å²) in [5, 5.41) is 2.81. The van der Waals surface area contributed by atoms with E-state index in [1.54, 1.807) is 0 Å². The normalized spacial score (nSPS) is 19.3. The molecule has 0 aliphatic carbocycles. The largest absolute Gasteiger partial charge is 2.00 e. The van der Waals surface area contributed by atoms with Crippen molar-refractivity contribution in [2.75, 3.05) is 6.54 Å². The molecule has 1 heterocycles. The van der Waals surface area contributed by atoms with E-state index in [1.165, 1.54) is 6.42 Å². The first-order chi connectivity index (χ1) is 3.89. The van der Waals surface area contributed by atoms with Gasteiger partial charge in [0.25, 0.3) is 0 Å². The maximum Gasteiger partial charge on any atom is 2.00 e. The van der Waals surface area contributed by atoms with Crippen LogP contribution in [0.4, 0.5) is 0 Å². The van der Waals surface area contributed by atoms with Crippen LogP contribution in [0.5, 0.6) is 0 Å². The number of amides is 1. The van der Waals surface area contributed by atoms with Gasteiger partial charge in [0.2, 0.25) is 5.91 Å². The van der Waals surface area contributed by atoms with E-state index in [-0.39, 0.29) is 43.6 Å². The summed E-state index contributed by atoms with van der Waals surface area (Å²) in [7, 11) is 0. The standard InChI is InChI=1S/C6H11NO.Ca/c8-6-4-2-1-3-5-7-6;/h1-5H2,(H,7,8);/q;+2. The van der Waals surface area contributed by atoms with Crippen molar-refractivity contribution in [3.8, 4) is 0 Å². The molecule has 0 bridgehead atoms. The van der Waals surface area contributed by atoms with E-state index < -0.39 is 0 Å². The zero-order valence-corrected chi connectivity index (χ0v) is 7.86. The molecule has 0 aromatic rings. The zero-order valence-electron chi connectivity index (χ0n) is 5.65. The first-order valence-corrected chi connectivity index (χ1v) is 3.16. The van der Waals surface area contributed by atoms with Crippen LogP contribution in [-0.2, 0) is 4.79 Å². The molecule has 0 unspecified atom stereocenters. The molecule has 1 aliphatic rings. The summed E-state index contributed by atoms with van der Waals surface area (Å²) in [4.78, 5) is 10.6. The third-order valence-electron chi connectivity index (χ3n) is 1.40. The minimum absolute atomic E-state index is 0. The van der Waals surface area contributed by atoms with E-state index in [4.69, 9.17) is 0 Å². The molecule has 1 amide bonds. The minimum Gasteiger partial charge on any atom is -0.356 e. The quantitative estimate of drug-likeness (QED) is 0.498. The molecule has 1 aliphatic heterocycles. The van der Waals surface area contributed by atoms with Crippen LogP contribution < -0.4 is 5.32 Å². The Kier molecular flexibility index (Phi) is 5.96. The average molecular weight is 153 g/mol. The summed E-state index contributed by atoms with van der Waals surface area (Å²) in [6.07, 6.45) is 4.18. The summed E-state index contributed by atoms with van der Waals surface area (Å²) in [6.45, 7) is 0.888. The van der Waals surface area contributed by atoms with Crippen LogP contribution >= 0.6 is 0 Å². The van der Waals surface area contributed by atoms with Crippen LogP contribution in [0.2, 0.25) is 0 Å². The van der Waals surface area contributed by atoms with Crippen LogP contribution in [0.3, 0.4) is 0 Å². The van der Waals surface area contributed by atoms with Crippen LogP contribution in [0.25, 0.3) is 0 Å². The molecule has 1 fully saturated rings. The van der Waals surface area contributed by atoms with Gasteiger partial charge in [0.1, 0.15) is 0 Å². The molecule has 1 saturated heterocycles. The van der Waals surface area contributed by atoms with Gasteiger partial charge in [-0.3, -0.25) is 4.79 Å². The fourth-order valence-electron chi connectivity index (χ4n) is 0.904. The topological polar surface area (TPSA) is 29.1 Å². The molecule has 9 heavy (non-hydrogen) atoms. The molecule has 1 N–H and O–H groups in total. The second-order valence-electron chi connectivity index (χ2n) is 2.16. The van der Waals surface area contributed by atoms with E-state index in [0.717, 1.165) is 25.8 Å². The molecule has 0 saturated carbocycles. The Morgan fingerprint density at radius 2 is 2.00 bits per heavy atom. The molecule has 0 atom stereocenters. The summed E-state index contributed by atoms with van der Waals surface area (Å²) < 4.78 is 0. The van der Waals surface area contributed by atoms with Crippen molar-refractivity contribution < 1.29 is 4.79 Å². The zero-order chi connectivity index (χ0) is 5.82. The molecule has 0 spiro atoms. The number of carbonyl (C=O) groups is 1. The van der Waals surface area contributed by atoms with E-state index in [1.807, 2.05) is 0 Å². The van der Waals surface area contributed by atoms with Crippen molar-refractivity contribution in [1.29, 1.82) is 0 Å². The Hall–Kier alpha value is 0.730. The molecule has 0 aromatic heterocycles. The molecule has 0 radical (unpaired) electrons. The van der Waals surface area contributed by atoms with Gasteiger partial charge < -0.3 is 5.32 Å². The third-order valence-corrected chi connectivity index (χ3v) is 1.40. The van der Waals surface area contributed by atoms with Crippen molar-refractivity contribution in [3.63, 3.8) is 0 Å². The number of carbonyl (C=O) groups excluding carboxylic acids is 1. The van der Waals surface area contributed by atoms with Crippen LogP contribution in [-0.4, -0.2) is 50.2 Å². The van der Waals surface area contributed by atoms with Gasteiger partial charge in [0, 0.05) is 13.0 Å². The molecule has 2 nitrogen and oxygen atoms in total. The van der Waals surface area contributed by atoms with E-state index in [9.17, 15) is 4.79 Å². The molecular formula is C6H11CaNO+2. The van der Waals surface area contributed by atoms with Gasteiger partial charge in [-0.05, 0) is 12.8 Å². The van der Waals surface area contributed by atoms with E-state index in [0.29, 0.717) is 0 Å². The predicted octanol–water partition coefficient (Wildman–Crippen LogP) is 0.296. The van der Waals surface area contributed by atoms with Crippen LogP contribution in [0.1, 0.15) is 25.7 Å². The van der Waals surface area contributed by atoms with Gasteiger partial charge in [-0.2, -0.15) is 0 Å². The number of hydrogen-bond acceptors (Lipinski definition) is 1. The van der Waals surface area contributed by atoms with Crippen molar-refractivity contribution in [3.05, 3.63) is 0 Å². The Morgan fingerprint density at radius 1 is 1.22 bits per heavy atom. The summed E-state index contributed by atoms with van der Waals surface area (Å²) in [5.41, 5.74) is 0. The fraction of sp³-hybridized carbons (Fsp3) is 0.833. The van der Waals surface area contributed by atoms with E-state index >= 15 is 0 Å². The van der Waals surface area contributed by atoms with E-state index in [2.05, 4.69) is 5.32 Å². The predicted molar refractivity (Wildman–Crippen MR) is 37.2 cm³/mol. The second-order valence-corrected chi connectivity index (χ2v) is 2.16. The maximum atomic E-state index is 10.6. The Morgan fingerprint density at radius 3 is 2.78 bits per heavy atom. The molecular weight excluding hydrogens is 142 g/mol. The van der Waals surface area contributed by atoms with Gasteiger partial charge in [0.15, 0.2) is 0 Å². The Bertz CT molecular complexity index is 85.1. The first-order valence-electron chi connectivity index (χ1n) is 3.16. The van der Waals surface area contributed by atoms with Gasteiger partial charge in [-0.15, -0.1) is 0 Å². The maximum absolute atomic E-state index is 10.6. The van der Waals surface area contributed by atoms with Gasteiger partial charge in [-0.25, -0.2) is 0 Å². The summed E-state index contributed by atoms with van der Waals surface area (Å²) >= 11 is 0. The fourth-order valence-corrected chi connectivity index (χ4v) is 0.904. The summed E-state index contributed by atoms with van der Waals surface area (Å²) in [5.74, 6) is 0.225. The SMILES string of the molecule is O=C1CCCCCN1.[Ca+2]. The van der Waals surface area contributed by atoms with Gasteiger partial charge in [0.05, 0.1) is 0 Å². The molecule has 0 aromatic carbocycles. The van der Waals surface area contributed by atoms with Crippen molar-refractivity contribution in [2.45, 2.75) is 25.7 Å². The first kappa shape index (κ1) is 9.73. The number of hydrogen-bond donors (Lipinski definition) is 1. The van der Waals surface area contributed by atoms with Crippen LogP contribution in [0, 0.1) is 0 Å². The molecule has 1 rings (SSSR count).